The first-order valence-corrected chi connectivity index (χ1v) is 12.7. The maximum atomic E-state index is 12.2. The largest absolute Gasteiger partial charge is 0.461 e. The molecule has 0 aromatic carbocycles. The fourth-order valence-electron chi connectivity index (χ4n) is 7.66. The van der Waals surface area contributed by atoms with Crippen LogP contribution in [0, 0.1) is 28.6 Å². The van der Waals surface area contributed by atoms with Gasteiger partial charge in [-0.15, -0.1) is 0 Å². The van der Waals surface area contributed by atoms with Crippen molar-refractivity contribution in [1.29, 1.82) is 0 Å². The molecule has 0 bridgehead atoms. The third-order valence-electron chi connectivity index (χ3n) is 9.51. The summed E-state index contributed by atoms with van der Waals surface area (Å²) >= 11 is 0. The monoisotopic (exact) mass is 478 g/mol. The van der Waals surface area contributed by atoms with E-state index >= 15 is 0 Å². The molecule has 0 aromatic heterocycles. The van der Waals surface area contributed by atoms with E-state index < -0.39 is 37.3 Å². The number of hydrogen-bond acceptors (Lipinski definition) is 8. The summed E-state index contributed by atoms with van der Waals surface area (Å²) in [5.41, 5.74) is 2.18. The van der Waals surface area contributed by atoms with Crippen LogP contribution in [0.2, 0.25) is 0 Å². The molecule has 10 atom stereocenters. The minimum Gasteiger partial charge on any atom is -0.461 e. The van der Waals surface area contributed by atoms with E-state index in [-0.39, 0.29) is 22.7 Å². The number of ether oxygens (including phenoxy) is 3. The smallest absolute Gasteiger partial charge is 0.334 e. The summed E-state index contributed by atoms with van der Waals surface area (Å²) in [5.74, 6) is 0.675. The van der Waals surface area contributed by atoms with Crippen molar-refractivity contribution in [1.82, 2.24) is 0 Å². The van der Waals surface area contributed by atoms with E-state index in [0.29, 0.717) is 25.0 Å². The van der Waals surface area contributed by atoms with Crippen molar-refractivity contribution < 1.29 is 39.4 Å². The van der Waals surface area contributed by atoms with Crippen molar-refractivity contribution in [2.45, 2.75) is 83.1 Å². The summed E-state index contributed by atoms with van der Waals surface area (Å²) < 4.78 is 16.9. The molecule has 5 rings (SSSR count). The van der Waals surface area contributed by atoms with Crippen LogP contribution in [0.4, 0.5) is 0 Å². The highest BCUT2D eigenvalue weighted by molar-refractivity contribution is 5.91. The van der Waals surface area contributed by atoms with E-state index in [2.05, 4.69) is 26.0 Å². The van der Waals surface area contributed by atoms with Crippen LogP contribution in [0.25, 0.3) is 0 Å². The number of carbonyl (C=O) groups is 1. The molecular formula is C26H38O8. The Morgan fingerprint density at radius 1 is 1.15 bits per heavy atom. The molecule has 2 saturated heterocycles. The van der Waals surface area contributed by atoms with E-state index in [9.17, 15) is 25.2 Å². The maximum absolute atomic E-state index is 12.2. The predicted molar refractivity (Wildman–Crippen MR) is 121 cm³/mol. The zero-order valence-corrected chi connectivity index (χ0v) is 20.1. The molecule has 0 aromatic rings. The van der Waals surface area contributed by atoms with Gasteiger partial charge in [0.1, 0.15) is 31.0 Å². The zero-order chi connectivity index (χ0) is 24.3. The second-order valence-corrected chi connectivity index (χ2v) is 11.5. The Morgan fingerprint density at radius 2 is 1.94 bits per heavy atom. The average Bonchev–Trinajstić information content (AvgIpc) is 3.03. The zero-order valence-electron chi connectivity index (χ0n) is 20.1. The standard InChI is InChI=1S/C26H38O8/c1-25(13-33-24-22(30)21(29)20(28)18(11-27)34-24)8-3-9-26(2)17-6-5-16-15(12-32-23(16)31)10-14(17)4-7-19(25)26/h5,10,15,17-22,24,27-30H,3-4,6-9,11-13H2,1-2H3/t15-,17-,18?,19-,20?,21?,22?,24?,25+,26+/m1/s1. The highest BCUT2D eigenvalue weighted by Gasteiger charge is 2.56. The first-order chi connectivity index (χ1) is 16.2. The molecule has 2 saturated carbocycles. The van der Waals surface area contributed by atoms with Gasteiger partial charge < -0.3 is 34.6 Å². The molecule has 34 heavy (non-hydrogen) atoms. The topological polar surface area (TPSA) is 126 Å². The van der Waals surface area contributed by atoms with Crippen LogP contribution in [0.5, 0.6) is 0 Å². The molecule has 4 fully saturated rings. The van der Waals surface area contributed by atoms with Crippen LogP contribution in [0.1, 0.15) is 52.4 Å². The number of aliphatic hydroxyl groups is 4. The number of esters is 1. The van der Waals surface area contributed by atoms with Crippen LogP contribution in [-0.4, -0.2) is 76.9 Å². The Balaban J connectivity index is 1.34. The molecule has 3 aliphatic carbocycles. The van der Waals surface area contributed by atoms with Gasteiger partial charge in [0.05, 0.1) is 13.2 Å². The molecule has 8 nitrogen and oxygen atoms in total. The molecule has 0 radical (unpaired) electrons. The lowest BCUT2D eigenvalue weighted by Crippen LogP contribution is -2.60. The Labute approximate surface area is 200 Å². The van der Waals surface area contributed by atoms with Crippen LogP contribution in [-0.2, 0) is 19.0 Å². The van der Waals surface area contributed by atoms with Crippen LogP contribution < -0.4 is 0 Å². The first-order valence-electron chi connectivity index (χ1n) is 12.7. The molecule has 0 spiro atoms. The number of fused-ring (bicyclic) bond motifs is 4. The summed E-state index contributed by atoms with van der Waals surface area (Å²) in [6.45, 7) is 4.97. The van der Waals surface area contributed by atoms with Gasteiger partial charge in [-0.05, 0) is 54.8 Å². The van der Waals surface area contributed by atoms with E-state index in [0.717, 1.165) is 44.1 Å². The third-order valence-corrected chi connectivity index (χ3v) is 9.51. The second-order valence-electron chi connectivity index (χ2n) is 11.5. The van der Waals surface area contributed by atoms with Gasteiger partial charge in [0.25, 0.3) is 0 Å². The fourth-order valence-corrected chi connectivity index (χ4v) is 7.66. The van der Waals surface area contributed by atoms with Crippen molar-refractivity contribution in [3.05, 3.63) is 23.3 Å². The maximum Gasteiger partial charge on any atom is 0.334 e. The summed E-state index contributed by atoms with van der Waals surface area (Å²) in [5, 5.41) is 40.1. The summed E-state index contributed by atoms with van der Waals surface area (Å²) in [7, 11) is 0. The number of rotatable bonds is 4. The molecule has 5 unspecified atom stereocenters. The summed E-state index contributed by atoms with van der Waals surface area (Å²) in [4.78, 5) is 12.2. The van der Waals surface area contributed by atoms with Gasteiger partial charge in [0, 0.05) is 11.5 Å². The van der Waals surface area contributed by atoms with Gasteiger partial charge in [0.15, 0.2) is 6.29 Å². The van der Waals surface area contributed by atoms with Gasteiger partial charge in [-0.3, -0.25) is 0 Å². The predicted octanol–water partition coefficient (Wildman–Crippen LogP) is 1.46. The molecule has 2 heterocycles. The van der Waals surface area contributed by atoms with Gasteiger partial charge in [-0.2, -0.15) is 0 Å². The summed E-state index contributed by atoms with van der Waals surface area (Å²) in [6.07, 6.45) is 4.17. The number of carbonyl (C=O) groups excluding carboxylic acids is 1. The number of hydrogen-bond donors (Lipinski definition) is 4. The van der Waals surface area contributed by atoms with Crippen LogP contribution in [0.3, 0.4) is 0 Å². The number of allylic oxidation sites excluding steroid dienone is 2. The molecule has 2 aliphatic heterocycles. The Kier molecular flexibility index (Phi) is 6.45. The molecule has 0 amide bonds. The lowest BCUT2D eigenvalue weighted by Gasteiger charge is -2.59. The highest BCUT2D eigenvalue weighted by atomic mass is 16.7. The van der Waals surface area contributed by atoms with Crippen molar-refractivity contribution in [2.24, 2.45) is 28.6 Å². The van der Waals surface area contributed by atoms with Gasteiger partial charge >= 0.3 is 5.97 Å². The third kappa shape index (κ3) is 3.87. The number of aliphatic hydroxyl groups excluding tert-OH is 4. The lowest BCUT2D eigenvalue weighted by atomic mass is 9.47. The van der Waals surface area contributed by atoms with Crippen molar-refractivity contribution in [3.63, 3.8) is 0 Å². The Bertz CT molecular complexity index is 867. The Hall–Kier alpha value is -1.29. The lowest BCUT2D eigenvalue weighted by molar-refractivity contribution is -0.309. The van der Waals surface area contributed by atoms with Crippen molar-refractivity contribution >= 4 is 5.97 Å². The van der Waals surface area contributed by atoms with E-state index in [1.54, 1.807) is 0 Å². The van der Waals surface area contributed by atoms with Gasteiger partial charge in [-0.25, -0.2) is 4.79 Å². The normalized spacial score (nSPS) is 48.6. The fraction of sp³-hybridized carbons (Fsp3) is 0.808. The van der Waals surface area contributed by atoms with Crippen molar-refractivity contribution in [3.8, 4) is 0 Å². The molecule has 4 N–H and O–H groups in total. The van der Waals surface area contributed by atoms with Crippen LogP contribution >= 0.6 is 0 Å². The quantitative estimate of drug-likeness (QED) is 0.353. The van der Waals surface area contributed by atoms with E-state index in [4.69, 9.17) is 14.2 Å². The SMILES string of the molecule is C[C@@]1(COC2OC(CO)C(O)C(O)C2O)CCC[C@@]2(C)[C@@H]3CC=C4C(=O)OC[C@H]4C=C3CC[C@H]12. The van der Waals surface area contributed by atoms with E-state index in [1.165, 1.54) is 5.57 Å². The minimum absolute atomic E-state index is 0.0649. The summed E-state index contributed by atoms with van der Waals surface area (Å²) in [6, 6.07) is 0. The first kappa shape index (κ1) is 24.4. The molecule has 190 valence electrons. The van der Waals surface area contributed by atoms with Gasteiger partial charge in [0.2, 0.25) is 0 Å². The molecule has 8 heteroatoms. The highest BCUT2D eigenvalue weighted by Crippen LogP contribution is 2.62. The Morgan fingerprint density at radius 3 is 2.71 bits per heavy atom. The molecule has 5 aliphatic rings. The van der Waals surface area contributed by atoms with E-state index in [1.807, 2.05) is 0 Å². The van der Waals surface area contributed by atoms with Gasteiger partial charge in [-0.1, -0.05) is 38.0 Å². The van der Waals surface area contributed by atoms with Crippen LogP contribution in [0.15, 0.2) is 23.3 Å². The number of cyclic esters (lactones) is 1. The second kappa shape index (κ2) is 8.98. The average molecular weight is 479 g/mol. The molecular weight excluding hydrogens is 440 g/mol. The minimum atomic E-state index is -1.44. The van der Waals surface area contributed by atoms with Crippen molar-refractivity contribution in [2.75, 3.05) is 19.8 Å².